The van der Waals surface area contributed by atoms with Crippen LogP contribution in [0.15, 0.2) is 22.9 Å². The summed E-state index contributed by atoms with van der Waals surface area (Å²) in [4.78, 5) is 8.59. The molecule has 1 aliphatic rings. The van der Waals surface area contributed by atoms with Gasteiger partial charge in [0, 0.05) is 23.7 Å². The van der Waals surface area contributed by atoms with Crippen LogP contribution in [-0.4, -0.2) is 27.3 Å². The molecule has 0 atom stereocenters. The molecule has 0 bridgehead atoms. The molecule has 0 radical (unpaired) electrons. The zero-order valence-corrected chi connectivity index (χ0v) is 14.2. The Morgan fingerprint density at radius 3 is 2.52 bits per heavy atom. The maximum absolute atomic E-state index is 12.7. The minimum atomic E-state index is -4.09. The molecule has 0 amide bonds. The predicted molar refractivity (Wildman–Crippen MR) is 87.0 cm³/mol. The van der Waals surface area contributed by atoms with Crippen molar-refractivity contribution in [1.29, 1.82) is 0 Å². The Bertz CT molecular complexity index is 706. The lowest BCUT2D eigenvalue weighted by Crippen LogP contribution is -2.33. The third-order valence-corrected chi connectivity index (χ3v) is 4.51. The number of halogens is 3. The Hall–Kier alpha value is -2.12. The van der Waals surface area contributed by atoms with Crippen molar-refractivity contribution >= 4 is 5.82 Å². The number of pyridine rings is 1. The largest absolute Gasteiger partial charge is 0.391 e. The first-order valence-corrected chi connectivity index (χ1v) is 8.46. The number of hydrogen-bond acceptors (Lipinski definition) is 5. The first-order valence-electron chi connectivity index (χ1n) is 8.46. The van der Waals surface area contributed by atoms with E-state index in [0.29, 0.717) is 30.4 Å². The average Bonchev–Trinajstić information content (AvgIpc) is 3.05. The molecule has 0 unspecified atom stereocenters. The Morgan fingerprint density at radius 2 is 1.92 bits per heavy atom. The molecule has 5 nitrogen and oxygen atoms in total. The van der Waals surface area contributed by atoms with Crippen molar-refractivity contribution in [3.63, 3.8) is 0 Å². The van der Waals surface area contributed by atoms with Gasteiger partial charge in [-0.3, -0.25) is 0 Å². The van der Waals surface area contributed by atoms with Crippen molar-refractivity contribution < 1.29 is 17.7 Å². The first-order chi connectivity index (χ1) is 11.8. The van der Waals surface area contributed by atoms with Gasteiger partial charge in [-0.05, 0) is 37.8 Å². The fourth-order valence-corrected chi connectivity index (χ4v) is 3.00. The SMILES string of the molecule is CC(C)c1noc(-c2ccnc(NC3CCC(C(F)(F)F)CC3)c2)n1. The average molecular weight is 354 g/mol. The van der Waals surface area contributed by atoms with Crippen molar-refractivity contribution in [1.82, 2.24) is 15.1 Å². The summed E-state index contributed by atoms with van der Waals surface area (Å²) in [5, 5.41) is 7.16. The molecule has 2 aromatic heterocycles. The summed E-state index contributed by atoms with van der Waals surface area (Å²) in [6.07, 6.45) is -1.19. The molecule has 0 spiro atoms. The lowest BCUT2D eigenvalue weighted by Gasteiger charge is -2.30. The van der Waals surface area contributed by atoms with Crippen LogP contribution in [0.1, 0.15) is 51.3 Å². The molecule has 1 saturated carbocycles. The van der Waals surface area contributed by atoms with Crippen LogP contribution in [0.4, 0.5) is 19.0 Å². The summed E-state index contributed by atoms with van der Waals surface area (Å²) >= 11 is 0. The Kier molecular flexibility index (Phi) is 4.96. The second kappa shape index (κ2) is 7.01. The van der Waals surface area contributed by atoms with E-state index >= 15 is 0 Å². The highest BCUT2D eigenvalue weighted by molar-refractivity contribution is 5.58. The molecular formula is C17H21F3N4O. The van der Waals surface area contributed by atoms with Crippen molar-refractivity contribution in [3.05, 3.63) is 24.2 Å². The monoisotopic (exact) mass is 354 g/mol. The lowest BCUT2D eigenvalue weighted by molar-refractivity contribution is -0.182. The van der Waals surface area contributed by atoms with Gasteiger partial charge in [0.05, 0.1) is 5.92 Å². The van der Waals surface area contributed by atoms with Crippen LogP contribution >= 0.6 is 0 Å². The number of nitrogens with zero attached hydrogens (tertiary/aromatic N) is 3. The Labute approximate surface area is 144 Å². The Morgan fingerprint density at radius 1 is 1.20 bits per heavy atom. The number of aromatic nitrogens is 3. The number of alkyl halides is 3. The molecule has 136 valence electrons. The minimum Gasteiger partial charge on any atom is -0.367 e. The molecule has 0 aromatic carbocycles. The van der Waals surface area contributed by atoms with Gasteiger partial charge in [0.15, 0.2) is 5.82 Å². The zero-order valence-electron chi connectivity index (χ0n) is 14.2. The summed E-state index contributed by atoms with van der Waals surface area (Å²) in [6, 6.07) is 3.55. The molecule has 0 saturated heterocycles. The van der Waals surface area contributed by atoms with Crippen LogP contribution in [0, 0.1) is 5.92 Å². The second-order valence-electron chi connectivity index (χ2n) is 6.78. The van der Waals surface area contributed by atoms with E-state index in [-0.39, 0.29) is 24.8 Å². The molecule has 8 heteroatoms. The second-order valence-corrected chi connectivity index (χ2v) is 6.78. The van der Waals surface area contributed by atoms with Gasteiger partial charge in [0.1, 0.15) is 5.82 Å². The van der Waals surface area contributed by atoms with Crippen molar-refractivity contribution in [3.8, 4) is 11.5 Å². The summed E-state index contributed by atoms with van der Waals surface area (Å²) in [6.45, 7) is 3.96. The molecule has 25 heavy (non-hydrogen) atoms. The van der Waals surface area contributed by atoms with Crippen molar-refractivity contribution in [2.45, 2.75) is 57.7 Å². The smallest absolute Gasteiger partial charge is 0.367 e. The van der Waals surface area contributed by atoms with E-state index in [9.17, 15) is 13.2 Å². The van der Waals surface area contributed by atoms with Gasteiger partial charge in [-0.15, -0.1) is 0 Å². The maximum Gasteiger partial charge on any atom is 0.391 e. The third kappa shape index (κ3) is 4.29. The molecule has 0 aliphatic heterocycles. The molecule has 2 aromatic rings. The minimum absolute atomic E-state index is 0.00439. The van der Waals surface area contributed by atoms with Crippen LogP contribution in [-0.2, 0) is 0 Å². The van der Waals surface area contributed by atoms with Gasteiger partial charge in [-0.2, -0.15) is 18.2 Å². The summed E-state index contributed by atoms with van der Waals surface area (Å²) < 4.78 is 43.5. The summed E-state index contributed by atoms with van der Waals surface area (Å²) in [5.41, 5.74) is 0.737. The Balaban J connectivity index is 1.64. The highest BCUT2D eigenvalue weighted by Gasteiger charge is 2.41. The predicted octanol–water partition coefficient (Wildman–Crippen LogP) is 4.79. The molecule has 1 fully saturated rings. The van der Waals surface area contributed by atoms with Crippen LogP contribution in [0.3, 0.4) is 0 Å². The van der Waals surface area contributed by atoms with Crippen LogP contribution in [0.25, 0.3) is 11.5 Å². The molecule has 3 rings (SSSR count). The van der Waals surface area contributed by atoms with Crippen molar-refractivity contribution in [2.75, 3.05) is 5.32 Å². The normalized spacial score (nSPS) is 21.5. The van der Waals surface area contributed by atoms with Gasteiger partial charge in [0.2, 0.25) is 0 Å². The van der Waals surface area contributed by atoms with E-state index in [1.54, 1.807) is 18.3 Å². The van der Waals surface area contributed by atoms with Crippen molar-refractivity contribution in [2.24, 2.45) is 5.92 Å². The van der Waals surface area contributed by atoms with Gasteiger partial charge < -0.3 is 9.84 Å². The van der Waals surface area contributed by atoms with Crippen LogP contribution < -0.4 is 5.32 Å². The molecule has 1 N–H and O–H groups in total. The fraction of sp³-hybridized carbons (Fsp3) is 0.588. The zero-order chi connectivity index (χ0) is 18.0. The quantitative estimate of drug-likeness (QED) is 0.855. The molecule has 2 heterocycles. The van der Waals surface area contributed by atoms with Gasteiger partial charge in [0.25, 0.3) is 5.89 Å². The maximum atomic E-state index is 12.7. The number of nitrogens with one attached hydrogen (secondary N) is 1. The topological polar surface area (TPSA) is 63.8 Å². The highest BCUT2D eigenvalue weighted by Crippen LogP contribution is 2.38. The standard InChI is InChI=1S/C17H21F3N4O/c1-10(2)15-23-16(25-24-15)11-7-8-21-14(9-11)22-13-5-3-12(4-6-13)17(18,19)20/h7-10,12-13H,3-6H2,1-2H3,(H,21,22). The van der Waals surface area contributed by atoms with E-state index in [1.807, 2.05) is 13.8 Å². The summed E-state index contributed by atoms with van der Waals surface area (Å²) in [7, 11) is 0. The number of rotatable bonds is 4. The fourth-order valence-electron chi connectivity index (χ4n) is 3.00. The van der Waals surface area contributed by atoms with E-state index in [1.165, 1.54) is 0 Å². The van der Waals surface area contributed by atoms with Crippen LogP contribution in [0.5, 0.6) is 0 Å². The highest BCUT2D eigenvalue weighted by atomic mass is 19.4. The van der Waals surface area contributed by atoms with E-state index in [0.717, 1.165) is 5.56 Å². The molecule has 1 aliphatic carbocycles. The first kappa shape index (κ1) is 17.7. The number of anilines is 1. The van der Waals surface area contributed by atoms with E-state index in [4.69, 9.17) is 4.52 Å². The lowest BCUT2D eigenvalue weighted by atomic mass is 9.85. The third-order valence-electron chi connectivity index (χ3n) is 4.51. The van der Waals surface area contributed by atoms with Gasteiger partial charge >= 0.3 is 6.18 Å². The summed E-state index contributed by atoms with van der Waals surface area (Å²) in [5.74, 6) is 0.637. The van der Waals surface area contributed by atoms with E-state index in [2.05, 4.69) is 20.4 Å². The molecular weight excluding hydrogens is 333 g/mol. The van der Waals surface area contributed by atoms with Gasteiger partial charge in [-0.25, -0.2) is 4.98 Å². The van der Waals surface area contributed by atoms with Gasteiger partial charge in [-0.1, -0.05) is 19.0 Å². The van der Waals surface area contributed by atoms with E-state index < -0.39 is 12.1 Å². The van der Waals surface area contributed by atoms with Crippen LogP contribution in [0.2, 0.25) is 0 Å². The number of hydrogen-bond donors (Lipinski definition) is 1.